The molecule has 126 valence electrons. The molecule has 1 atom stereocenters. The molecule has 7 heteroatoms. The van der Waals surface area contributed by atoms with Gasteiger partial charge in [-0.3, -0.25) is 14.3 Å². The normalized spacial score (nSPS) is 16.8. The standard InChI is InChI=1S/C16H21NO5S/c1-11(22-16(19)13-5-3-4-6-13)15(18)12-7-9-14(10-8-12)17-23(2,20)21/h7-11,13,17H,3-6H2,1-2H3/t11-/m0/s1. The summed E-state index contributed by atoms with van der Waals surface area (Å²) in [6.07, 6.45) is 3.90. The van der Waals surface area contributed by atoms with Gasteiger partial charge in [0.05, 0.1) is 12.2 Å². The molecule has 23 heavy (non-hydrogen) atoms. The molecule has 0 bridgehead atoms. The van der Waals surface area contributed by atoms with Crippen LogP contribution >= 0.6 is 0 Å². The van der Waals surface area contributed by atoms with E-state index in [-0.39, 0.29) is 17.7 Å². The second-order valence-corrected chi connectivity index (χ2v) is 7.62. The van der Waals surface area contributed by atoms with Gasteiger partial charge in [-0.2, -0.15) is 0 Å². The number of rotatable bonds is 6. The van der Waals surface area contributed by atoms with E-state index in [0.29, 0.717) is 11.3 Å². The first-order valence-corrected chi connectivity index (χ1v) is 9.48. The van der Waals surface area contributed by atoms with Crippen molar-refractivity contribution < 1.29 is 22.7 Å². The first-order valence-electron chi connectivity index (χ1n) is 7.59. The number of ether oxygens (including phenoxy) is 1. The van der Waals surface area contributed by atoms with E-state index in [1.807, 2.05) is 0 Å². The van der Waals surface area contributed by atoms with Gasteiger partial charge in [0.1, 0.15) is 0 Å². The third-order valence-electron chi connectivity index (χ3n) is 3.82. The Balaban J connectivity index is 1.97. The fourth-order valence-electron chi connectivity index (χ4n) is 2.64. The number of nitrogens with one attached hydrogen (secondary N) is 1. The number of hydrogen-bond acceptors (Lipinski definition) is 5. The first-order chi connectivity index (χ1) is 10.8. The Morgan fingerprint density at radius 2 is 1.74 bits per heavy atom. The largest absolute Gasteiger partial charge is 0.454 e. The van der Waals surface area contributed by atoms with Crippen molar-refractivity contribution in [2.75, 3.05) is 11.0 Å². The van der Waals surface area contributed by atoms with Gasteiger partial charge in [-0.05, 0) is 44.0 Å². The van der Waals surface area contributed by atoms with Crippen LogP contribution in [-0.4, -0.2) is 32.5 Å². The molecule has 0 radical (unpaired) electrons. The number of sulfonamides is 1. The Morgan fingerprint density at radius 3 is 2.26 bits per heavy atom. The van der Waals surface area contributed by atoms with Gasteiger partial charge in [0.2, 0.25) is 15.8 Å². The molecule has 0 heterocycles. The summed E-state index contributed by atoms with van der Waals surface area (Å²) in [5.41, 5.74) is 0.746. The second kappa shape index (κ2) is 7.12. The van der Waals surface area contributed by atoms with Crippen LogP contribution in [-0.2, 0) is 19.6 Å². The zero-order chi connectivity index (χ0) is 17.0. The molecule has 0 aromatic heterocycles. The average Bonchev–Trinajstić information content (AvgIpc) is 3.00. The van der Waals surface area contributed by atoms with Crippen LogP contribution in [0.5, 0.6) is 0 Å². The Hall–Kier alpha value is -1.89. The van der Waals surface area contributed by atoms with E-state index in [2.05, 4.69) is 4.72 Å². The van der Waals surface area contributed by atoms with Crippen LogP contribution < -0.4 is 4.72 Å². The van der Waals surface area contributed by atoms with Gasteiger partial charge in [0.25, 0.3) is 0 Å². The molecule has 1 saturated carbocycles. The number of Topliss-reactive ketones (excluding diaryl/α,β-unsaturated/α-hetero) is 1. The molecule has 0 spiro atoms. The monoisotopic (exact) mass is 339 g/mol. The Bertz CT molecular complexity index is 675. The lowest BCUT2D eigenvalue weighted by molar-refractivity contribution is -0.151. The van der Waals surface area contributed by atoms with Gasteiger partial charge in [-0.1, -0.05) is 12.8 Å². The van der Waals surface area contributed by atoms with Crippen molar-refractivity contribution >= 4 is 27.5 Å². The summed E-state index contributed by atoms with van der Waals surface area (Å²) >= 11 is 0. The fraction of sp³-hybridized carbons (Fsp3) is 0.500. The molecule has 1 aliphatic carbocycles. The van der Waals surface area contributed by atoms with E-state index in [1.165, 1.54) is 24.3 Å². The lowest BCUT2D eigenvalue weighted by Gasteiger charge is -2.15. The Labute approximate surface area is 136 Å². The van der Waals surface area contributed by atoms with Gasteiger partial charge >= 0.3 is 5.97 Å². The number of carbonyl (C=O) groups is 2. The predicted octanol–water partition coefficient (Wildman–Crippen LogP) is 2.36. The molecule has 1 N–H and O–H groups in total. The second-order valence-electron chi connectivity index (χ2n) is 5.88. The number of benzene rings is 1. The SMILES string of the molecule is C[C@H](OC(=O)C1CCCC1)C(=O)c1ccc(NS(C)(=O)=O)cc1. The van der Waals surface area contributed by atoms with Gasteiger partial charge in [0.15, 0.2) is 6.10 Å². The van der Waals surface area contributed by atoms with Crippen molar-refractivity contribution in [2.24, 2.45) is 5.92 Å². The lowest BCUT2D eigenvalue weighted by atomic mass is 10.1. The van der Waals surface area contributed by atoms with Crippen molar-refractivity contribution in [3.8, 4) is 0 Å². The van der Waals surface area contributed by atoms with Crippen LogP contribution in [0.3, 0.4) is 0 Å². The van der Waals surface area contributed by atoms with Crippen molar-refractivity contribution in [2.45, 2.75) is 38.7 Å². The predicted molar refractivity (Wildman–Crippen MR) is 86.8 cm³/mol. The highest BCUT2D eigenvalue weighted by Gasteiger charge is 2.27. The Kier molecular flexibility index (Phi) is 5.41. The smallest absolute Gasteiger partial charge is 0.309 e. The van der Waals surface area contributed by atoms with Crippen LogP contribution in [0, 0.1) is 5.92 Å². The van der Waals surface area contributed by atoms with Gasteiger partial charge < -0.3 is 4.74 Å². The van der Waals surface area contributed by atoms with E-state index in [0.717, 1.165) is 31.9 Å². The molecule has 0 saturated heterocycles. The zero-order valence-electron chi connectivity index (χ0n) is 13.2. The molecule has 2 rings (SSSR count). The van der Waals surface area contributed by atoms with Crippen LogP contribution in [0.1, 0.15) is 43.0 Å². The highest BCUT2D eigenvalue weighted by Crippen LogP contribution is 2.26. The van der Waals surface area contributed by atoms with Crippen LogP contribution in [0.4, 0.5) is 5.69 Å². The molecule has 0 aliphatic heterocycles. The molecule has 0 unspecified atom stereocenters. The number of anilines is 1. The molecular weight excluding hydrogens is 318 g/mol. The van der Waals surface area contributed by atoms with Crippen LogP contribution in [0.25, 0.3) is 0 Å². The van der Waals surface area contributed by atoms with Crippen LogP contribution in [0.15, 0.2) is 24.3 Å². The molecule has 1 aromatic carbocycles. The minimum absolute atomic E-state index is 0.0911. The number of esters is 1. The summed E-state index contributed by atoms with van der Waals surface area (Å²) in [6, 6.07) is 6.02. The van der Waals surface area contributed by atoms with E-state index < -0.39 is 16.1 Å². The van der Waals surface area contributed by atoms with Gasteiger partial charge in [0, 0.05) is 11.3 Å². The summed E-state index contributed by atoms with van der Waals surface area (Å²) in [7, 11) is -3.36. The quantitative estimate of drug-likeness (QED) is 0.635. The van der Waals surface area contributed by atoms with E-state index in [4.69, 9.17) is 4.74 Å². The van der Waals surface area contributed by atoms with E-state index in [1.54, 1.807) is 6.92 Å². The summed E-state index contributed by atoms with van der Waals surface area (Å²) < 4.78 is 29.9. The maximum Gasteiger partial charge on any atom is 0.309 e. The number of carbonyl (C=O) groups excluding carboxylic acids is 2. The van der Waals surface area contributed by atoms with Crippen LogP contribution in [0.2, 0.25) is 0 Å². The van der Waals surface area contributed by atoms with Crippen molar-refractivity contribution in [3.05, 3.63) is 29.8 Å². The summed E-state index contributed by atoms with van der Waals surface area (Å²) in [4.78, 5) is 24.2. The zero-order valence-corrected chi connectivity index (χ0v) is 14.1. The topological polar surface area (TPSA) is 89.5 Å². The van der Waals surface area contributed by atoms with Crippen molar-refractivity contribution in [1.29, 1.82) is 0 Å². The molecule has 0 amide bonds. The maximum absolute atomic E-state index is 12.3. The summed E-state index contributed by atoms with van der Waals surface area (Å²) in [5, 5.41) is 0. The highest BCUT2D eigenvalue weighted by atomic mass is 32.2. The minimum atomic E-state index is -3.36. The molecular formula is C16H21NO5S. The third kappa shape index (κ3) is 5.06. The maximum atomic E-state index is 12.3. The van der Waals surface area contributed by atoms with Crippen molar-refractivity contribution in [1.82, 2.24) is 0 Å². The molecule has 1 aliphatic rings. The van der Waals surface area contributed by atoms with Gasteiger partial charge in [-0.25, -0.2) is 8.42 Å². The van der Waals surface area contributed by atoms with Crippen molar-refractivity contribution in [3.63, 3.8) is 0 Å². The molecule has 6 nitrogen and oxygen atoms in total. The number of ketones is 1. The lowest BCUT2D eigenvalue weighted by Crippen LogP contribution is -2.27. The fourth-order valence-corrected chi connectivity index (χ4v) is 3.20. The van der Waals surface area contributed by atoms with Gasteiger partial charge in [-0.15, -0.1) is 0 Å². The minimum Gasteiger partial charge on any atom is -0.454 e. The first kappa shape index (κ1) is 17.5. The molecule has 1 fully saturated rings. The summed E-state index contributed by atoms with van der Waals surface area (Å²) in [6.45, 7) is 1.55. The average molecular weight is 339 g/mol. The van der Waals surface area contributed by atoms with E-state index in [9.17, 15) is 18.0 Å². The third-order valence-corrected chi connectivity index (χ3v) is 4.43. The summed E-state index contributed by atoms with van der Waals surface area (Å²) in [5.74, 6) is -0.701. The Morgan fingerprint density at radius 1 is 1.17 bits per heavy atom. The number of hydrogen-bond donors (Lipinski definition) is 1. The highest BCUT2D eigenvalue weighted by molar-refractivity contribution is 7.92. The van der Waals surface area contributed by atoms with E-state index >= 15 is 0 Å². The molecule has 1 aromatic rings.